The number of pyridine rings is 2. The largest absolute Gasteiger partial charge is 0.482 e. The summed E-state index contributed by atoms with van der Waals surface area (Å²) in [5.74, 6) is 0.647. The molecule has 0 bridgehead atoms. The number of benzene rings is 2. The third-order valence-electron chi connectivity index (χ3n) is 5.13. The predicted octanol–water partition coefficient (Wildman–Crippen LogP) is 5.84. The number of nitrogens with one attached hydrogen (secondary N) is 1. The number of hydrogen-bond acceptors (Lipinski definition) is 6. The Kier molecular flexibility index (Phi) is 6.90. The lowest BCUT2D eigenvalue weighted by molar-refractivity contribution is 0.102. The molecule has 0 aliphatic rings. The molecule has 3 N–H and O–H groups in total. The average molecular weight is 457 g/mol. The summed E-state index contributed by atoms with van der Waals surface area (Å²) in [4.78, 5) is 22.2. The number of nitrogens with two attached hydrogens (primary N) is 1. The first-order valence-corrected chi connectivity index (χ1v) is 11.6. The number of anilines is 2. The van der Waals surface area contributed by atoms with Gasteiger partial charge in [-0.1, -0.05) is 24.3 Å². The van der Waals surface area contributed by atoms with E-state index in [0.29, 0.717) is 22.8 Å². The number of hydrogen-bond donors (Lipinski definition) is 2. The summed E-state index contributed by atoms with van der Waals surface area (Å²) in [5.41, 5.74) is 10.1. The first-order valence-electron chi connectivity index (χ1n) is 10.4. The van der Waals surface area contributed by atoms with Crippen LogP contribution >= 0.6 is 11.8 Å². The zero-order chi connectivity index (χ0) is 23.2. The van der Waals surface area contributed by atoms with Crippen molar-refractivity contribution in [2.75, 3.05) is 17.3 Å². The number of carbonyl (C=O) groups excluding carboxylic acids is 1. The Balaban J connectivity index is 1.50. The van der Waals surface area contributed by atoms with Crippen molar-refractivity contribution >= 4 is 29.2 Å². The zero-order valence-electron chi connectivity index (χ0n) is 18.4. The molecule has 4 rings (SSSR count). The van der Waals surface area contributed by atoms with Gasteiger partial charge in [0.1, 0.15) is 6.10 Å². The van der Waals surface area contributed by atoms with Gasteiger partial charge in [-0.15, -0.1) is 11.8 Å². The van der Waals surface area contributed by atoms with Gasteiger partial charge < -0.3 is 15.8 Å². The Bertz CT molecular complexity index is 1260. The summed E-state index contributed by atoms with van der Waals surface area (Å²) >= 11 is 1.60. The molecule has 6 nitrogen and oxygen atoms in total. The molecule has 2 heterocycles. The van der Waals surface area contributed by atoms with Gasteiger partial charge in [0.05, 0.1) is 0 Å². The molecule has 7 heteroatoms. The molecule has 0 radical (unpaired) electrons. The summed E-state index contributed by atoms with van der Waals surface area (Å²) in [6.07, 6.45) is 6.86. The van der Waals surface area contributed by atoms with Crippen molar-refractivity contribution in [3.05, 3.63) is 96.4 Å². The predicted molar refractivity (Wildman–Crippen MR) is 134 cm³/mol. The molecular formula is C26H24N4O2S. The SMILES string of the molecule is CSc1cccc(C(=O)Nc2cccc(C(C)Oc3cc(-c4cccnc4)cnc3N)c2)c1. The molecule has 0 saturated heterocycles. The Morgan fingerprint density at radius 3 is 2.67 bits per heavy atom. The summed E-state index contributed by atoms with van der Waals surface area (Å²) in [5, 5.41) is 2.96. The van der Waals surface area contributed by atoms with Crippen LogP contribution in [0.2, 0.25) is 0 Å². The Morgan fingerprint density at radius 1 is 1.03 bits per heavy atom. The third-order valence-corrected chi connectivity index (χ3v) is 5.85. The molecule has 0 aliphatic carbocycles. The van der Waals surface area contributed by atoms with Crippen LogP contribution in [0, 0.1) is 0 Å². The highest BCUT2D eigenvalue weighted by Crippen LogP contribution is 2.31. The van der Waals surface area contributed by atoms with Gasteiger partial charge in [-0.2, -0.15) is 0 Å². The van der Waals surface area contributed by atoms with E-state index in [1.807, 2.05) is 73.8 Å². The van der Waals surface area contributed by atoms with Gasteiger partial charge in [-0.25, -0.2) is 4.98 Å². The minimum Gasteiger partial charge on any atom is -0.482 e. The number of nitrogen functional groups attached to an aromatic ring is 1. The molecule has 0 aliphatic heterocycles. The van der Waals surface area contributed by atoms with Crippen LogP contribution in [0.5, 0.6) is 5.75 Å². The quantitative estimate of drug-likeness (QED) is 0.340. The van der Waals surface area contributed by atoms with Crippen LogP contribution in [0.1, 0.15) is 28.9 Å². The summed E-state index contributed by atoms with van der Waals surface area (Å²) < 4.78 is 6.14. The van der Waals surface area contributed by atoms with E-state index >= 15 is 0 Å². The highest BCUT2D eigenvalue weighted by atomic mass is 32.2. The molecular weight excluding hydrogens is 432 g/mol. The maximum atomic E-state index is 12.7. The lowest BCUT2D eigenvalue weighted by atomic mass is 10.1. The van der Waals surface area contributed by atoms with Crippen molar-refractivity contribution in [2.24, 2.45) is 0 Å². The van der Waals surface area contributed by atoms with E-state index in [-0.39, 0.29) is 12.0 Å². The molecule has 1 amide bonds. The number of carbonyl (C=O) groups is 1. The maximum absolute atomic E-state index is 12.7. The van der Waals surface area contributed by atoms with Crippen molar-refractivity contribution in [3.8, 4) is 16.9 Å². The summed E-state index contributed by atoms with van der Waals surface area (Å²) in [7, 11) is 0. The number of aromatic nitrogens is 2. The summed E-state index contributed by atoms with van der Waals surface area (Å²) in [6, 6.07) is 20.8. The van der Waals surface area contributed by atoms with Gasteiger partial charge >= 0.3 is 0 Å². The number of ether oxygens (including phenoxy) is 1. The third kappa shape index (κ3) is 5.51. The van der Waals surface area contributed by atoms with Gasteiger partial charge in [-0.05, 0) is 61.2 Å². The first-order chi connectivity index (χ1) is 16.0. The van der Waals surface area contributed by atoms with Crippen LogP contribution in [0.15, 0.2) is 90.2 Å². The molecule has 0 spiro atoms. The van der Waals surface area contributed by atoms with Crippen LogP contribution in [0.4, 0.5) is 11.5 Å². The van der Waals surface area contributed by atoms with Crippen molar-refractivity contribution in [2.45, 2.75) is 17.9 Å². The molecule has 2 aromatic heterocycles. The number of rotatable bonds is 7. The minimum absolute atomic E-state index is 0.158. The van der Waals surface area contributed by atoms with Crippen LogP contribution in [-0.4, -0.2) is 22.1 Å². The van der Waals surface area contributed by atoms with E-state index in [4.69, 9.17) is 10.5 Å². The lowest BCUT2D eigenvalue weighted by Crippen LogP contribution is -2.12. The summed E-state index contributed by atoms with van der Waals surface area (Å²) in [6.45, 7) is 1.93. The Labute approximate surface area is 197 Å². The standard InChI is InChI=1S/C26H24N4O2S/c1-17(32-24-14-21(16-29-25(24)27)20-8-5-11-28-15-20)18-6-3-9-22(12-18)30-26(31)19-7-4-10-23(13-19)33-2/h3-17H,1-2H3,(H2,27,29)(H,30,31). The molecule has 4 aromatic rings. The van der Waals surface area contributed by atoms with Crippen LogP contribution in [0.3, 0.4) is 0 Å². The molecule has 1 atom stereocenters. The monoisotopic (exact) mass is 456 g/mol. The second-order valence-electron chi connectivity index (χ2n) is 7.42. The second-order valence-corrected chi connectivity index (χ2v) is 8.30. The normalized spacial score (nSPS) is 11.6. The molecule has 166 valence electrons. The van der Waals surface area contributed by atoms with E-state index in [1.54, 1.807) is 36.4 Å². The second kappa shape index (κ2) is 10.2. The number of amides is 1. The molecule has 33 heavy (non-hydrogen) atoms. The number of nitrogens with zero attached hydrogens (tertiary/aromatic N) is 2. The number of thioether (sulfide) groups is 1. The zero-order valence-corrected chi connectivity index (χ0v) is 19.2. The lowest BCUT2D eigenvalue weighted by Gasteiger charge is -2.18. The van der Waals surface area contributed by atoms with E-state index in [2.05, 4.69) is 15.3 Å². The van der Waals surface area contributed by atoms with Gasteiger partial charge in [0.25, 0.3) is 5.91 Å². The van der Waals surface area contributed by atoms with E-state index in [1.165, 1.54) is 0 Å². The van der Waals surface area contributed by atoms with Crippen LogP contribution in [0.25, 0.3) is 11.1 Å². The van der Waals surface area contributed by atoms with Crippen LogP contribution < -0.4 is 15.8 Å². The molecule has 0 saturated carbocycles. The topological polar surface area (TPSA) is 90.1 Å². The molecule has 2 aromatic carbocycles. The van der Waals surface area contributed by atoms with Gasteiger partial charge in [-0.3, -0.25) is 9.78 Å². The molecule has 1 unspecified atom stereocenters. The fraction of sp³-hybridized carbons (Fsp3) is 0.115. The van der Waals surface area contributed by atoms with Gasteiger partial charge in [0.2, 0.25) is 0 Å². The van der Waals surface area contributed by atoms with Gasteiger partial charge in [0.15, 0.2) is 11.6 Å². The fourth-order valence-corrected chi connectivity index (χ4v) is 3.80. The molecule has 0 fully saturated rings. The highest BCUT2D eigenvalue weighted by molar-refractivity contribution is 7.98. The van der Waals surface area contributed by atoms with E-state index in [9.17, 15) is 4.79 Å². The maximum Gasteiger partial charge on any atom is 0.255 e. The van der Waals surface area contributed by atoms with Crippen LogP contribution in [-0.2, 0) is 0 Å². The fourth-order valence-electron chi connectivity index (χ4n) is 3.34. The highest BCUT2D eigenvalue weighted by Gasteiger charge is 2.14. The average Bonchev–Trinajstić information content (AvgIpc) is 2.86. The minimum atomic E-state index is -0.310. The Morgan fingerprint density at radius 2 is 1.88 bits per heavy atom. The van der Waals surface area contributed by atoms with Crippen molar-refractivity contribution < 1.29 is 9.53 Å². The van der Waals surface area contributed by atoms with E-state index in [0.717, 1.165) is 21.6 Å². The van der Waals surface area contributed by atoms with Crippen molar-refractivity contribution in [1.82, 2.24) is 9.97 Å². The first kappa shape index (κ1) is 22.4. The Hall–Kier alpha value is -3.84. The van der Waals surface area contributed by atoms with E-state index < -0.39 is 0 Å². The van der Waals surface area contributed by atoms with Gasteiger partial charge in [0, 0.05) is 45.9 Å². The van der Waals surface area contributed by atoms with Crippen molar-refractivity contribution in [1.29, 1.82) is 0 Å². The smallest absolute Gasteiger partial charge is 0.255 e. The van der Waals surface area contributed by atoms with Crippen molar-refractivity contribution in [3.63, 3.8) is 0 Å².